The molecule has 1 amide bonds. The lowest BCUT2D eigenvalue weighted by Gasteiger charge is -2.23. The SMILES string of the molecule is COc1ccc(NC(=O)C(O)(C[N+](=O)[O-])c2ccccc2)cc1. The van der Waals surface area contributed by atoms with Crippen molar-refractivity contribution in [3.63, 3.8) is 0 Å². The van der Waals surface area contributed by atoms with Gasteiger partial charge in [-0.2, -0.15) is 0 Å². The van der Waals surface area contributed by atoms with Gasteiger partial charge in [-0.25, -0.2) is 0 Å². The lowest BCUT2D eigenvalue weighted by Crippen LogP contribution is -2.45. The summed E-state index contributed by atoms with van der Waals surface area (Å²) in [5, 5.41) is 24.0. The van der Waals surface area contributed by atoms with Crippen molar-refractivity contribution in [3.05, 3.63) is 70.3 Å². The summed E-state index contributed by atoms with van der Waals surface area (Å²) < 4.78 is 5.01. The molecule has 23 heavy (non-hydrogen) atoms. The molecule has 0 saturated heterocycles. The molecule has 0 saturated carbocycles. The van der Waals surface area contributed by atoms with Crippen LogP contribution in [-0.2, 0) is 10.4 Å². The second kappa shape index (κ2) is 6.89. The highest BCUT2D eigenvalue weighted by molar-refractivity contribution is 5.98. The van der Waals surface area contributed by atoms with Crippen LogP contribution in [-0.4, -0.2) is 29.6 Å². The van der Waals surface area contributed by atoms with Gasteiger partial charge in [0.25, 0.3) is 5.91 Å². The number of ether oxygens (including phenoxy) is 1. The summed E-state index contributed by atoms with van der Waals surface area (Å²) in [7, 11) is 1.51. The number of amides is 1. The van der Waals surface area contributed by atoms with E-state index in [0.29, 0.717) is 11.4 Å². The highest BCUT2D eigenvalue weighted by Crippen LogP contribution is 2.24. The van der Waals surface area contributed by atoms with E-state index in [4.69, 9.17) is 4.74 Å². The number of nitro groups is 1. The molecule has 1 atom stereocenters. The number of methoxy groups -OCH3 is 1. The van der Waals surface area contributed by atoms with Gasteiger partial charge in [0.15, 0.2) is 0 Å². The predicted octanol–water partition coefficient (Wildman–Crippen LogP) is 1.80. The number of anilines is 1. The molecule has 0 aliphatic rings. The summed E-state index contributed by atoms with van der Waals surface area (Å²) in [6.07, 6.45) is 0. The van der Waals surface area contributed by atoms with E-state index < -0.39 is 23.0 Å². The molecular formula is C16H16N2O5. The largest absolute Gasteiger partial charge is 0.497 e. The fourth-order valence-electron chi connectivity index (χ4n) is 2.10. The molecule has 2 aromatic carbocycles. The molecule has 1 unspecified atom stereocenters. The first-order valence-corrected chi connectivity index (χ1v) is 6.81. The maximum absolute atomic E-state index is 12.4. The third-order valence-corrected chi connectivity index (χ3v) is 3.33. The molecule has 0 aliphatic heterocycles. The second-order valence-electron chi connectivity index (χ2n) is 4.90. The van der Waals surface area contributed by atoms with Crippen LogP contribution in [0.25, 0.3) is 0 Å². The minimum atomic E-state index is -2.26. The summed E-state index contributed by atoms with van der Waals surface area (Å²) in [4.78, 5) is 22.6. The minimum absolute atomic E-state index is 0.155. The van der Waals surface area contributed by atoms with Crippen LogP contribution < -0.4 is 10.1 Å². The Bertz CT molecular complexity index is 687. The van der Waals surface area contributed by atoms with Crippen LogP contribution in [0.1, 0.15) is 5.56 Å². The molecule has 120 valence electrons. The molecule has 0 aliphatic carbocycles. The quantitative estimate of drug-likeness (QED) is 0.625. The molecule has 0 spiro atoms. The van der Waals surface area contributed by atoms with E-state index in [0.717, 1.165) is 0 Å². The molecule has 2 N–H and O–H groups in total. The number of rotatable bonds is 6. The van der Waals surface area contributed by atoms with Gasteiger partial charge in [0.1, 0.15) is 5.75 Å². The van der Waals surface area contributed by atoms with Crippen LogP contribution in [0.4, 0.5) is 5.69 Å². The lowest BCUT2D eigenvalue weighted by molar-refractivity contribution is -0.498. The fourth-order valence-corrected chi connectivity index (χ4v) is 2.10. The number of aliphatic hydroxyl groups is 1. The topological polar surface area (TPSA) is 102 Å². The average molecular weight is 316 g/mol. The summed E-state index contributed by atoms with van der Waals surface area (Å²) in [6, 6.07) is 14.2. The van der Waals surface area contributed by atoms with Gasteiger partial charge in [-0.15, -0.1) is 0 Å². The zero-order chi connectivity index (χ0) is 16.9. The predicted molar refractivity (Wildman–Crippen MR) is 83.8 cm³/mol. The van der Waals surface area contributed by atoms with Crippen molar-refractivity contribution < 1.29 is 19.6 Å². The Morgan fingerprint density at radius 1 is 1.22 bits per heavy atom. The van der Waals surface area contributed by atoms with Crippen LogP contribution in [0, 0.1) is 10.1 Å². The van der Waals surface area contributed by atoms with Crippen LogP contribution in [0.15, 0.2) is 54.6 Å². The van der Waals surface area contributed by atoms with Crippen molar-refractivity contribution in [2.45, 2.75) is 5.60 Å². The van der Waals surface area contributed by atoms with Crippen LogP contribution in [0.2, 0.25) is 0 Å². The third-order valence-electron chi connectivity index (χ3n) is 3.33. The number of carbonyl (C=O) groups is 1. The van der Waals surface area contributed by atoms with E-state index in [1.165, 1.54) is 19.2 Å². The monoisotopic (exact) mass is 316 g/mol. The third kappa shape index (κ3) is 3.83. The first kappa shape index (κ1) is 16.4. The number of carbonyl (C=O) groups excluding carboxylic acids is 1. The maximum Gasteiger partial charge on any atom is 0.268 e. The molecule has 0 bridgehead atoms. The van der Waals surface area contributed by atoms with Crippen LogP contribution >= 0.6 is 0 Å². The Morgan fingerprint density at radius 2 is 1.83 bits per heavy atom. The summed E-state index contributed by atoms with van der Waals surface area (Å²) in [5.41, 5.74) is -1.71. The average Bonchev–Trinajstić information content (AvgIpc) is 2.55. The molecule has 0 aromatic heterocycles. The lowest BCUT2D eigenvalue weighted by atomic mass is 9.92. The van der Waals surface area contributed by atoms with Crippen molar-refractivity contribution >= 4 is 11.6 Å². The standard InChI is InChI=1S/C16H16N2O5/c1-23-14-9-7-13(8-10-14)17-15(19)16(20,11-18(21)22)12-5-3-2-4-6-12/h2-10,20H,11H2,1H3,(H,17,19). The number of hydrogen-bond acceptors (Lipinski definition) is 5. The van der Waals surface area contributed by atoms with Crippen molar-refractivity contribution in [1.29, 1.82) is 0 Å². The van der Waals surface area contributed by atoms with E-state index in [1.54, 1.807) is 42.5 Å². The Balaban J connectivity index is 2.27. The van der Waals surface area contributed by atoms with Gasteiger partial charge in [-0.3, -0.25) is 14.9 Å². The van der Waals surface area contributed by atoms with E-state index in [9.17, 15) is 20.0 Å². The Labute approximate surface area is 132 Å². The second-order valence-corrected chi connectivity index (χ2v) is 4.90. The molecular weight excluding hydrogens is 300 g/mol. The molecule has 7 heteroatoms. The smallest absolute Gasteiger partial charge is 0.268 e. The van der Waals surface area contributed by atoms with Gasteiger partial charge in [0, 0.05) is 10.6 Å². The Kier molecular flexibility index (Phi) is 4.92. The number of hydrogen-bond donors (Lipinski definition) is 2. The number of benzene rings is 2. The van der Waals surface area contributed by atoms with Crippen molar-refractivity contribution in [3.8, 4) is 5.75 Å². The highest BCUT2D eigenvalue weighted by atomic mass is 16.6. The first-order valence-electron chi connectivity index (χ1n) is 6.81. The molecule has 7 nitrogen and oxygen atoms in total. The molecule has 0 radical (unpaired) electrons. The van der Waals surface area contributed by atoms with E-state index in [1.807, 2.05) is 0 Å². The summed E-state index contributed by atoms with van der Waals surface area (Å²) >= 11 is 0. The molecule has 0 heterocycles. The van der Waals surface area contributed by atoms with Gasteiger partial charge < -0.3 is 15.2 Å². The van der Waals surface area contributed by atoms with Crippen molar-refractivity contribution in [2.75, 3.05) is 19.0 Å². The Hall–Kier alpha value is -2.93. The molecule has 2 aromatic rings. The van der Waals surface area contributed by atoms with Crippen LogP contribution in [0.5, 0.6) is 5.75 Å². The Morgan fingerprint density at radius 3 is 2.35 bits per heavy atom. The van der Waals surface area contributed by atoms with E-state index in [-0.39, 0.29) is 5.56 Å². The highest BCUT2D eigenvalue weighted by Gasteiger charge is 2.43. The van der Waals surface area contributed by atoms with Gasteiger partial charge in [-0.1, -0.05) is 30.3 Å². The number of nitrogens with zero attached hydrogens (tertiary/aromatic N) is 1. The normalized spacial score (nSPS) is 13.0. The van der Waals surface area contributed by atoms with Gasteiger partial charge in [-0.05, 0) is 29.8 Å². The van der Waals surface area contributed by atoms with E-state index in [2.05, 4.69) is 5.32 Å². The van der Waals surface area contributed by atoms with Crippen LogP contribution in [0.3, 0.4) is 0 Å². The zero-order valence-electron chi connectivity index (χ0n) is 12.4. The first-order chi connectivity index (χ1) is 11.0. The summed E-state index contributed by atoms with van der Waals surface area (Å²) in [6.45, 7) is -0.932. The number of nitrogens with one attached hydrogen (secondary N) is 1. The van der Waals surface area contributed by atoms with Crippen molar-refractivity contribution in [2.24, 2.45) is 0 Å². The zero-order valence-corrected chi connectivity index (χ0v) is 12.4. The fraction of sp³-hybridized carbons (Fsp3) is 0.188. The minimum Gasteiger partial charge on any atom is -0.497 e. The maximum atomic E-state index is 12.4. The van der Waals surface area contributed by atoms with Gasteiger partial charge >= 0.3 is 0 Å². The van der Waals surface area contributed by atoms with Gasteiger partial charge in [0.05, 0.1) is 7.11 Å². The van der Waals surface area contributed by atoms with Gasteiger partial charge in [0.2, 0.25) is 12.1 Å². The van der Waals surface area contributed by atoms with Crippen molar-refractivity contribution in [1.82, 2.24) is 0 Å². The van der Waals surface area contributed by atoms with E-state index >= 15 is 0 Å². The molecule has 2 rings (SSSR count). The molecule has 0 fully saturated rings. The summed E-state index contributed by atoms with van der Waals surface area (Å²) in [5.74, 6) is -0.267.